The molecule has 0 saturated carbocycles. The van der Waals surface area contributed by atoms with Gasteiger partial charge in [0, 0.05) is 13.0 Å². The molecule has 1 atom stereocenters. The van der Waals surface area contributed by atoms with E-state index in [9.17, 15) is 0 Å². The Labute approximate surface area is 109 Å². The van der Waals surface area contributed by atoms with Crippen molar-refractivity contribution in [1.82, 2.24) is 10.4 Å². The van der Waals surface area contributed by atoms with Crippen molar-refractivity contribution in [3.05, 3.63) is 35.9 Å². The van der Waals surface area contributed by atoms with Gasteiger partial charge in [-0.1, -0.05) is 37.3 Å². The van der Waals surface area contributed by atoms with Crippen LogP contribution in [0.1, 0.15) is 19.4 Å². The predicted octanol–water partition coefficient (Wildman–Crippen LogP) is 1.83. The number of hydrogen-bond acceptors (Lipinski definition) is 4. The standard InChI is InChI=1S/C14H21N3O/c1-3-15-11-14-16-13(17(4-2)18-14)10-12-8-6-5-7-9-12/h5-9,13,15H,3-4,10-11H2,1-2H3/t13-/m0/s1. The average molecular weight is 247 g/mol. The molecule has 1 aliphatic rings. The Kier molecular flexibility index (Phi) is 4.73. The van der Waals surface area contributed by atoms with Gasteiger partial charge in [0.05, 0.1) is 6.54 Å². The molecule has 0 aliphatic carbocycles. The number of rotatable bonds is 6. The van der Waals surface area contributed by atoms with Gasteiger partial charge in [-0.15, -0.1) is 5.06 Å². The van der Waals surface area contributed by atoms with Crippen LogP contribution in [-0.4, -0.2) is 36.8 Å². The van der Waals surface area contributed by atoms with Gasteiger partial charge in [-0.25, -0.2) is 4.99 Å². The van der Waals surface area contributed by atoms with Crippen molar-refractivity contribution in [3.63, 3.8) is 0 Å². The summed E-state index contributed by atoms with van der Waals surface area (Å²) in [5.74, 6) is 0.791. The van der Waals surface area contributed by atoms with Crippen molar-refractivity contribution in [1.29, 1.82) is 0 Å². The molecule has 0 amide bonds. The van der Waals surface area contributed by atoms with Crippen molar-refractivity contribution in [3.8, 4) is 0 Å². The molecular formula is C14H21N3O. The quantitative estimate of drug-likeness (QED) is 0.833. The number of benzene rings is 1. The van der Waals surface area contributed by atoms with E-state index in [1.54, 1.807) is 0 Å². The Balaban J connectivity index is 1.98. The van der Waals surface area contributed by atoms with Crippen molar-refractivity contribution in [2.24, 2.45) is 4.99 Å². The number of hydroxylamine groups is 2. The number of nitrogens with one attached hydrogen (secondary N) is 1. The maximum absolute atomic E-state index is 5.72. The Morgan fingerprint density at radius 1 is 1.28 bits per heavy atom. The molecule has 4 heteroatoms. The van der Waals surface area contributed by atoms with Gasteiger partial charge >= 0.3 is 0 Å². The molecule has 2 rings (SSSR count). The summed E-state index contributed by atoms with van der Waals surface area (Å²) in [6, 6.07) is 10.4. The molecule has 0 spiro atoms. The van der Waals surface area contributed by atoms with E-state index in [0.717, 1.165) is 25.4 Å². The highest BCUT2D eigenvalue weighted by Crippen LogP contribution is 2.16. The van der Waals surface area contributed by atoms with E-state index in [4.69, 9.17) is 4.84 Å². The summed E-state index contributed by atoms with van der Waals surface area (Å²) >= 11 is 0. The zero-order chi connectivity index (χ0) is 12.8. The first-order valence-electron chi connectivity index (χ1n) is 6.59. The molecule has 18 heavy (non-hydrogen) atoms. The van der Waals surface area contributed by atoms with Crippen molar-refractivity contribution in [2.75, 3.05) is 19.6 Å². The Morgan fingerprint density at radius 3 is 2.72 bits per heavy atom. The summed E-state index contributed by atoms with van der Waals surface area (Å²) in [6.45, 7) is 6.64. The van der Waals surface area contributed by atoms with Crippen LogP contribution in [0.2, 0.25) is 0 Å². The first-order valence-corrected chi connectivity index (χ1v) is 6.59. The molecule has 0 fully saturated rings. The summed E-state index contributed by atoms with van der Waals surface area (Å²) < 4.78 is 0. The fourth-order valence-electron chi connectivity index (χ4n) is 2.01. The topological polar surface area (TPSA) is 36.9 Å². The second-order valence-electron chi connectivity index (χ2n) is 4.30. The molecule has 0 bridgehead atoms. The second kappa shape index (κ2) is 6.52. The van der Waals surface area contributed by atoms with Crippen LogP contribution in [0.5, 0.6) is 0 Å². The summed E-state index contributed by atoms with van der Waals surface area (Å²) in [4.78, 5) is 10.3. The highest BCUT2D eigenvalue weighted by molar-refractivity contribution is 5.79. The molecule has 98 valence electrons. The lowest BCUT2D eigenvalue weighted by molar-refractivity contribution is -0.0792. The molecule has 0 unspecified atom stereocenters. The Bertz CT molecular complexity index is 391. The van der Waals surface area contributed by atoms with Crippen LogP contribution in [0.4, 0.5) is 0 Å². The van der Waals surface area contributed by atoms with Gasteiger partial charge in [0.15, 0.2) is 0 Å². The molecular weight excluding hydrogens is 226 g/mol. The van der Waals surface area contributed by atoms with Gasteiger partial charge in [0.2, 0.25) is 5.90 Å². The highest BCUT2D eigenvalue weighted by atomic mass is 16.7. The molecule has 0 saturated heterocycles. The maximum Gasteiger partial charge on any atom is 0.225 e. The van der Waals surface area contributed by atoms with Crippen LogP contribution >= 0.6 is 0 Å². The lowest BCUT2D eigenvalue weighted by Gasteiger charge is -2.19. The largest absolute Gasteiger partial charge is 0.387 e. The van der Waals surface area contributed by atoms with Gasteiger partial charge in [0.1, 0.15) is 6.17 Å². The van der Waals surface area contributed by atoms with Gasteiger partial charge < -0.3 is 10.2 Å². The van der Waals surface area contributed by atoms with E-state index in [2.05, 4.69) is 48.4 Å². The molecule has 0 radical (unpaired) electrons. The first kappa shape index (κ1) is 13.1. The van der Waals surface area contributed by atoms with Gasteiger partial charge in [-0.2, -0.15) is 0 Å². The third-order valence-corrected chi connectivity index (χ3v) is 2.95. The van der Waals surface area contributed by atoms with E-state index >= 15 is 0 Å². The van der Waals surface area contributed by atoms with Crippen LogP contribution in [-0.2, 0) is 11.3 Å². The average Bonchev–Trinajstić information content (AvgIpc) is 2.80. The minimum absolute atomic E-state index is 0.103. The normalized spacial score (nSPS) is 19.7. The SMILES string of the molecule is CCNCC1=N[C@H](Cc2ccccc2)N(CC)O1. The molecule has 1 heterocycles. The van der Waals surface area contributed by atoms with E-state index in [1.807, 2.05) is 11.1 Å². The highest BCUT2D eigenvalue weighted by Gasteiger charge is 2.26. The fourth-order valence-corrected chi connectivity index (χ4v) is 2.01. The van der Waals surface area contributed by atoms with Crippen molar-refractivity contribution < 1.29 is 4.84 Å². The summed E-state index contributed by atoms with van der Waals surface area (Å²) in [6.07, 6.45) is 0.996. The Morgan fingerprint density at radius 2 is 2.06 bits per heavy atom. The summed E-state index contributed by atoms with van der Waals surface area (Å²) in [7, 11) is 0. The third kappa shape index (κ3) is 3.31. The lowest BCUT2D eigenvalue weighted by Crippen LogP contribution is -2.32. The number of likely N-dealkylation sites (N-methyl/N-ethyl adjacent to an activating group) is 2. The number of nitrogens with zero attached hydrogens (tertiary/aromatic N) is 2. The number of aliphatic imine (C=N–C) groups is 1. The summed E-state index contributed by atoms with van der Waals surface area (Å²) in [5, 5.41) is 5.18. The van der Waals surface area contributed by atoms with Gasteiger partial charge in [0.25, 0.3) is 0 Å². The minimum Gasteiger partial charge on any atom is -0.387 e. The summed E-state index contributed by atoms with van der Waals surface area (Å²) in [5.41, 5.74) is 1.29. The monoisotopic (exact) mass is 247 g/mol. The van der Waals surface area contributed by atoms with Crippen molar-refractivity contribution >= 4 is 5.90 Å². The lowest BCUT2D eigenvalue weighted by atomic mass is 10.1. The van der Waals surface area contributed by atoms with E-state index in [-0.39, 0.29) is 6.17 Å². The minimum atomic E-state index is 0.103. The smallest absolute Gasteiger partial charge is 0.225 e. The predicted molar refractivity (Wildman–Crippen MR) is 73.4 cm³/mol. The Hall–Kier alpha value is -1.39. The molecule has 1 aromatic carbocycles. The molecule has 1 aliphatic heterocycles. The van der Waals surface area contributed by atoms with E-state index in [1.165, 1.54) is 5.56 Å². The molecule has 4 nitrogen and oxygen atoms in total. The van der Waals surface area contributed by atoms with E-state index < -0.39 is 0 Å². The zero-order valence-electron chi connectivity index (χ0n) is 11.1. The van der Waals surface area contributed by atoms with E-state index in [0.29, 0.717) is 6.54 Å². The zero-order valence-corrected chi connectivity index (χ0v) is 11.1. The van der Waals surface area contributed by atoms with Crippen LogP contribution in [0, 0.1) is 0 Å². The van der Waals surface area contributed by atoms with Crippen molar-refractivity contribution in [2.45, 2.75) is 26.4 Å². The van der Waals surface area contributed by atoms with Crippen LogP contribution in [0.3, 0.4) is 0 Å². The fraction of sp³-hybridized carbons (Fsp3) is 0.500. The first-order chi connectivity index (χ1) is 8.83. The molecule has 1 aromatic rings. The van der Waals surface area contributed by atoms with Crippen LogP contribution in [0.15, 0.2) is 35.3 Å². The second-order valence-corrected chi connectivity index (χ2v) is 4.30. The molecule has 1 N–H and O–H groups in total. The molecule has 0 aromatic heterocycles. The third-order valence-electron chi connectivity index (χ3n) is 2.95. The number of hydrogen-bond donors (Lipinski definition) is 1. The van der Waals surface area contributed by atoms with Crippen LogP contribution < -0.4 is 5.32 Å². The van der Waals surface area contributed by atoms with Gasteiger partial charge in [-0.3, -0.25) is 0 Å². The van der Waals surface area contributed by atoms with Gasteiger partial charge in [-0.05, 0) is 19.0 Å². The maximum atomic E-state index is 5.72. The van der Waals surface area contributed by atoms with Crippen LogP contribution in [0.25, 0.3) is 0 Å².